The van der Waals surface area contributed by atoms with Gasteiger partial charge < -0.3 is 4.57 Å². The first-order valence-electron chi connectivity index (χ1n) is 9.70. The molecule has 0 saturated heterocycles. The number of hydrogen-bond acceptors (Lipinski definition) is 4. The van der Waals surface area contributed by atoms with E-state index in [0.717, 1.165) is 16.0 Å². The van der Waals surface area contributed by atoms with Crippen LogP contribution >= 0.6 is 11.3 Å². The third-order valence-corrected chi connectivity index (χ3v) is 6.43. The number of para-hydroxylation sites is 1. The van der Waals surface area contributed by atoms with Gasteiger partial charge in [0, 0.05) is 12.4 Å². The van der Waals surface area contributed by atoms with Gasteiger partial charge in [-0.1, -0.05) is 48.5 Å². The average Bonchev–Trinajstić information content (AvgIpc) is 3.32. The fourth-order valence-electron chi connectivity index (χ4n) is 3.99. The first-order chi connectivity index (χ1) is 14.6. The van der Waals surface area contributed by atoms with E-state index in [1.54, 1.807) is 10.6 Å². The summed E-state index contributed by atoms with van der Waals surface area (Å²) in [4.78, 5) is 32.9. The Hall–Kier alpha value is -3.51. The number of hydrogen-bond donors (Lipinski definition) is 0. The fraction of sp³-hybridized carbons (Fsp3) is 0.125. The third kappa shape index (κ3) is 2.72. The first-order valence-corrected chi connectivity index (χ1v) is 10.6. The molecule has 0 radical (unpaired) electrons. The molecule has 0 fully saturated rings. The number of benzene rings is 2. The minimum Gasteiger partial charge on any atom is -0.328 e. The van der Waals surface area contributed by atoms with Crippen LogP contribution in [0.1, 0.15) is 18.5 Å². The molecular weight excluding hydrogens is 394 g/mol. The number of rotatable bonds is 3. The van der Waals surface area contributed by atoms with Gasteiger partial charge in [-0.15, -0.1) is 11.3 Å². The van der Waals surface area contributed by atoms with Gasteiger partial charge in [0.1, 0.15) is 5.39 Å². The van der Waals surface area contributed by atoms with Crippen LogP contribution in [0.25, 0.3) is 32.6 Å². The largest absolute Gasteiger partial charge is 0.328 e. The summed E-state index contributed by atoms with van der Waals surface area (Å²) >= 11 is 1.52. The van der Waals surface area contributed by atoms with Crippen molar-refractivity contribution in [1.29, 1.82) is 0 Å². The zero-order valence-electron chi connectivity index (χ0n) is 16.6. The molecule has 0 bridgehead atoms. The lowest BCUT2D eigenvalue weighted by atomic mass is 10.1. The molecule has 148 valence electrons. The molecule has 0 aliphatic carbocycles. The topological polar surface area (TPSA) is 56.9 Å². The van der Waals surface area contributed by atoms with Crippen LogP contribution in [0.5, 0.6) is 0 Å². The molecule has 0 saturated carbocycles. The number of fused-ring (bicyclic) bond motifs is 2. The summed E-state index contributed by atoms with van der Waals surface area (Å²) in [5, 5.41) is 2.61. The summed E-state index contributed by atoms with van der Waals surface area (Å²) in [6.07, 6.45) is 0. The van der Waals surface area contributed by atoms with Crippen molar-refractivity contribution in [2.24, 2.45) is 7.05 Å². The van der Waals surface area contributed by atoms with Crippen molar-refractivity contribution in [2.75, 3.05) is 0 Å². The predicted octanol–water partition coefficient (Wildman–Crippen LogP) is 4.59. The Morgan fingerprint density at radius 1 is 0.933 bits per heavy atom. The molecule has 3 heterocycles. The predicted molar refractivity (Wildman–Crippen MR) is 122 cm³/mol. The highest BCUT2D eigenvalue weighted by atomic mass is 32.1. The molecule has 0 aliphatic heterocycles. The van der Waals surface area contributed by atoms with E-state index in [-0.39, 0.29) is 22.4 Å². The summed E-state index contributed by atoms with van der Waals surface area (Å²) in [5.41, 5.74) is 1.56. The molecular formula is C24H19N3O2S. The molecule has 5 nitrogen and oxygen atoms in total. The van der Waals surface area contributed by atoms with Gasteiger partial charge in [0.25, 0.3) is 5.56 Å². The van der Waals surface area contributed by atoms with Crippen molar-refractivity contribution in [3.8, 4) is 10.7 Å². The maximum Gasteiger partial charge on any atom is 0.267 e. The maximum absolute atomic E-state index is 13.8. The minimum atomic E-state index is -0.314. The van der Waals surface area contributed by atoms with E-state index in [9.17, 15) is 9.59 Å². The number of aromatic nitrogens is 3. The maximum atomic E-state index is 13.8. The summed E-state index contributed by atoms with van der Waals surface area (Å²) < 4.78 is 3.49. The SMILES string of the molecule is C[C@H](c1ccccc1)n1c(-c2cccs2)nc2c(c(=O)c3ccccc3n2C)c1=O. The molecule has 0 amide bonds. The molecule has 0 unspecified atom stereocenters. The fourth-order valence-corrected chi connectivity index (χ4v) is 4.70. The van der Waals surface area contributed by atoms with Crippen molar-refractivity contribution in [1.82, 2.24) is 14.1 Å². The molecule has 1 atom stereocenters. The summed E-state index contributed by atoms with van der Waals surface area (Å²) in [5.74, 6) is 0.573. The third-order valence-electron chi connectivity index (χ3n) is 5.56. The second-order valence-electron chi connectivity index (χ2n) is 7.28. The van der Waals surface area contributed by atoms with Crippen molar-refractivity contribution in [2.45, 2.75) is 13.0 Å². The Bertz CT molecular complexity index is 1500. The Morgan fingerprint density at radius 2 is 1.67 bits per heavy atom. The van der Waals surface area contributed by atoms with Gasteiger partial charge in [0.15, 0.2) is 11.5 Å². The lowest BCUT2D eigenvalue weighted by Gasteiger charge is -2.20. The number of nitrogens with zero attached hydrogens (tertiary/aromatic N) is 3. The van der Waals surface area contributed by atoms with Crippen LogP contribution in [0.2, 0.25) is 0 Å². The normalized spacial score (nSPS) is 12.5. The minimum absolute atomic E-state index is 0.124. The summed E-state index contributed by atoms with van der Waals surface area (Å²) in [6.45, 7) is 1.97. The van der Waals surface area contributed by atoms with Crippen LogP contribution in [0.4, 0.5) is 0 Å². The van der Waals surface area contributed by atoms with Crippen LogP contribution in [0, 0.1) is 0 Å². The van der Waals surface area contributed by atoms with Gasteiger partial charge in [-0.25, -0.2) is 4.98 Å². The van der Waals surface area contributed by atoms with Crippen LogP contribution < -0.4 is 11.0 Å². The number of pyridine rings is 1. The first kappa shape index (κ1) is 18.5. The lowest BCUT2D eigenvalue weighted by Crippen LogP contribution is -2.31. The summed E-state index contributed by atoms with van der Waals surface area (Å²) in [7, 11) is 1.85. The number of thiophene rings is 1. The van der Waals surface area contributed by atoms with Crippen LogP contribution in [-0.4, -0.2) is 14.1 Å². The quantitative estimate of drug-likeness (QED) is 0.407. The number of aryl methyl sites for hydroxylation is 1. The summed E-state index contributed by atoms with van der Waals surface area (Å²) in [6, 6.07) is 20.7. The molecule has 2 aromatic carbocycles. The molecule has 0 N–H and O–H groups in total. The second-order valence-corrected chi connectivity index (χ2v) is 8.23. The van der Waals surface area contributed by atoms with Crippen LogP contribution in [0.15, 0.2) is 81.7 Å². The van der Waals surface area contributed by atoms with Gasteiger partial charge in [0.2, 0.25) is 5.43 Å². The Balaban J connectivity index is 1.96. The zero-order valence-corrected chi connectivity index (χ0v) is 17.4. The zero-order chi connectivity index (χ0) is 20.8. The Morgan fingerprint density at radius 3 is 2.40 bits per heavy atom. The van der Waals surface area contributed by atoms with Crippen molar-refractivity contribution < 1.29 is 0 Å². The Kier molecular flexibility index (Phi) is 4.37. The average molecular weight is 414 g/mol. The highest BCUT2D eigenvalue weighted by Gasteiger charge is 2.23. The highest BCUT2D eigenvalue weighted by molar-refractivity contribution is 7.13. The van der Waals surface area contributed by atoms with Gasteiger partial charge in [0.05, 0.1) is 16.4 Å². The standard InChI is InChI=1S/C24H19N3O2S/c1-15(16-9-4-3-5-10-16)27-22(19-13-8-14-30-19)25-23-20(24(27)29)21(28)17-11-6-7-12-18(17)26(23)2/h3-15H,1-2H3/t15-/m1/s1. The van der Waals surface area contributed by atoms with Gasteiger partial charge >= 0.3 is 0 Å². The van der Waals surface area contributed by atoms with Gasteiger partial charge in [-0.3, -0.25) is 14.2 Å². The van der Waals surface area contributed by atoms with E-state index in [4.69, 9.17) is 4.98 Å². The van der Waals surface area contributed by atoms with E-state index in [1.165, 1.54) is 11.3 Å². The monoisotopic (exact) mass is 413 g/mol. The van der Waals surface area contributed by atoms with E-state index in [0.29, 0.717) is 16.9 Å². The second kappa shape index (κ2) is 7.07. The van der Waals surface area contributed by atoms with E-state index >= 15 is 0 Å². The molecule has 30 heavy (non-hydrogen) atoms. The van der Waals surface area contributed by atoms with Gasteiger partial charge in [-0.05, 0) is 36.1 Å². The van der Waals surface area contributed by atoms with E-state index in [1.807, 2.05) is 84.6 Å². The molecule has 0 spiro atoms. The lowest BCUT2D eigenvalue weighted by molar-refractivity contribution is 0.616. The van der Waals surface area contributed by atoms with Crippen LogP contribution in [-0.2, 0) is 7.05 Å². The van der Waals surface area contributed by atoms with E-state index in [2.05, 4.69) is 0 Å². The molecule has 5 rings (SSSR count). The van der Waals surface area contributed by atoms with Crippen LogP contribution in [0.3, 0.4) is 0 Å². The van der Waals surface area contributed by atoms with Gasteiger partial charge in [-0.2, -0.15) is 0 Å². The van der Waals surface area contributed by atoms with Crippen molar-refractivity contribution in [3.05, 3.63) is 98.3 Å². The smallest absolute Gasteiger partial charge is 0.267 e. The highest BCUT2D eigenvalue weighted by Crippen LogP contribution is 2.28. The molecule has 5 aromatic rings. The molecule has 3 aromatic heterocycles. The Labute approximate surface area is 176 Å². The van der Waals surface area contributed by atoms with Crippen molar-refractivity contribution in [3.63, 3.8) is 0 Å². The van der Waals surface area contributed by atoms with E-state index < -0.39 is 0 Å². The van der Waals surface area contributed by atoms with Crippen molar-refractivity contribution >= 4 is 33.3 Å². The molecule has 6 heteroatoms. The molecule has 0 aliphatic rings.